The summed E-state index contributed by atoms with van der Waals surface area (Å²) in [4.78, 5) is 11.4. The maximum atomic E-state index is 5.98. The highest BCUT2D eigenvalue weighted by Gasteiger charge is 2.25. The zero-order valence-electron chi connectivity index (χ0n) is 13.9. The highest BCUT2D eigenvalue weighted by atomic mass is 35.5. The van der Waals surface area contributed by atoms with Crippen molar-refractivity contribution in [2.45, 2.75) is 13.0 Å². The molecule has 0 fully saturated rings. The Morgan fingerprint density at radius 2 is 1.81 bits per heavy atom. The molecule has 5 nitrogen and oxygen atoms in total. The average molecular weight is 363 g/mol. The second kappa shape index (κ2) is 6.11. The van der Waals surface area contributed by atoms with E-state index in [2.05, 4.69) is 15.0 Å². The molecule has 0 saturated carbocycles. The van der Waals surface area contributed by atoms with E-state index in [-0.39, 0.29) is 0 Å². The monoisotopic (exact) mass is 362 g/mol. The molecule has 26 heavy (non-hydrogen) atoms. The summed E-state index contributed by atoms with van der Waals surface area (Å²) in [5.41, 5.74) is 4.92. The summed E-state index contributed by atoms with van der Waals surface area (Å²) < 4.78 is 5.64. The lowest BCUT2D eigenvalue weighted by atomic mass is 10.0. The Bertz CT molecular complexity index is 1090. The molecular formula is C20H15ClN4O. The van der Waals surface area contributed by atoms with E-state index in [0.717, 1.165) is 52.4 Å². The first-order valence-electron chi connectivity index (χ1n) is 8.48. The Labute approximate surface area is 155 Å². The van der Waals surface area contributed by atoms with Crippen LogP contribution in [0.3, 0.4) is 0 Å². The van der Waals surface area contributed by atoms with Gasteiger partial charge in [-0.25, -0.2) is 4.98 Å². The molecule has 0 N–H and O–H groups in total. The number of nitrogens with zero attached hydrogens (tertiary/aromatic N) is 4. The summed E-state index contributed by atoms with van der Waals surface area (Å²) in [7, 11) is 0. The lowest BCUT2D eigenvalue weighted by Crippen LogP contribution is -2.31. The molecule has 0 aliphatic carbocycles. The molecule has 0 radical (unpaired) electrons. The molecule has 6 heteroatoms. The summed E-state index contributed by atoms with van der Waals surface area (Å²) in [5.74, 6) is 1.70. The van der Waals surface area contributed by atoms with Gasteiger partial charge in [-0.3, -0.25) is 4.98 Å². The lowest BCUT2D eigenvalue weighted by Gasteiger charge is -2.26. The van der Waals surface area contributed by atoms with Gasteiger partial charge in [0, 0.05) is 22.7 Å². The van der Waals surface area contributed by atoms with Gasteiger partial charge in [-0.2, -0.15) is 0 Å². The van der Waals surface area contributed by atoms with E-state index in [0.29, 0.717) is 11.6 Å². The highest BCUT2D eigenvalue weighted by Crippen LogP contribution is 2.32. The smallest absolute Gasteiger partial charge is 0.170 e. The first kappa shape index (κ1) is 15.3. The minimum absolute atomic E-state index is 0.666. The summed E-state index contributed by atoms with van der Waals surface area (Å²) in [6.07, 6.45) is 2.68. The number of aromatic nitrogens is 3. The van der Waals surface area contributed by atoms with Crippen LogP contribution in [0.25, 0.3) is 22.4 Å². The minimum Gasteiger partial charge on any atom is -0.356 e. The molecule has 128 valence electrons. The second-order valence-electron chi connectivity index (χ2n) is 6.33. The third kappa shape index (κ3) is 2.61. The van der Waals surface area contributed by atoms with E-state index in [9.17, 15) is 0 Å². The SMILES string of the molecule is Clc1ccc(-c2onc3c2CCN(c2cnc4ccccc4n2)C3)cc1. The number of benzene rings is 2. The van der Waals surface area contributed by atoms with Crippen LogP contribution in [-0.2, 0) is 13.0 Å². The molecule has 2 aromatic carbocycles. The first-order chi connectivity index (χ1) is 12.8. The van der Waals surface area contributed by atoms with Gasteiger partial charge >= 0.3 is 0 Å². The van der Waals surface area contributed by atoms with Crippen molar-refractivity contribution in [1.29, 1.82) is 0 Å². The predicted molar refractivity (Wildman–Crippen MR) is 101 cm³/mol. The molecule has 0 unspecified atom stereocenters. The molecule has 1 aliphatic rings. The van der Waals surface area contributed by atoms with Crippen LogP contribution >= 0.6 is 11.6 Å². The molecule has 5 rings (SSSR count). The first-order valence-corrected chi connectivity index (χ1v) is 8.86. The van der Waals surface area contributed by atoms with Crippen molar-refractivity contribution in [3.63, 3.8) is 0 Å². The Morgan fingerprint density at radius 3 is 2.65 bits per heavy atom. The summed E-state index contributed by atoms with van der Waals surface area (Å²) in [6, 6.07) is 15.6. The van der Waals surface area contributed by atoms with Crippen molar-refractivity contribution in [1.82, 2.24) is 15.1 Å². The van der Waals surface area contributed by atoms with Crippen molar-refractivity contribution >= 4 is 28.5 Å². The van der Waals surface area contributed by atoms with Crippen molar-refractivity contribution in [2.24, 2.45) is 0 Å². The summed E-state index contributed by atoms with van der Waals surface area (Å²) in [6.45, 7) is 1.52. The Kier molecular flexibility index (Phi) is 3.60. The maximum absolute atomic E-state index is 5.98. The van der Waals surface area contributed by atoms with Crippen molar-refractivity contribution in [3.8, 4) is 11.3 Å². The molecule has 2 aromatic heterocycles. The number of fused-ring (bicyclic) bond motifs is 2. The van der Waals surface area contributed by atoms with Gasteiger partial charge in [0.15, 0.2) is 5.76 Å². The van der Waals surface area contributed by atoms with E-state index >= 15 is 0 Å². The maximum Gasteiger partial charge on any atom is 0.170 e. The number of hydrogen-bond acceptors (Lipinski definition) is 5. The van der Waals surface area contributed by atoms with Crippen LogP contribution in [0.5, 0.6) is 0 Å². The number of para-hydroxylation sites is 2. The van der Waals surface area contributed by atoms with Crippen molar-refractivity contribution in [3.05, 3.63) is 71.0 Å². The Morgan fingerprint density at radius 1 is 1.00 bits per heavy atom. The van der Waals surface area contributed by atoms with Gasteiger partial charge in [-0.1, -0.05) is 28.9 Å². The lowest BCUT2D eigenvalue weighted by molar-refractivity contribution is 0.423. The van der Waals surface area contributed by atoms with Gasteiger partial charge < -0.3 is 9.42 Å². The zero-order chi connectivity index (χ0) is 17.5. The van der Waals surface area contributed by atoms with Crippen LogP contribution in [0.15, 0.2) is 59.3 Å². The molecule has 0 atom stereocenters. The van der Waals surface area contributed by atoms with E-state index < -0.39 is 0 Å². The van der Waals surface area contributed by atoms with Crippen molar-refractivity contribution < 1.29 is 4.52 Å². The predicted octanol–water partition coefficient (Wildman–Crippen LogP) is 4.50. The van der Waals surface area contributed by atoms with Crippen LogP contribution in [-0.4, -0.2) is 21.7 Å². The number of rotatable bonds is 2. The summed E-state index contributed by atoms with van der Waals surface area (Å²) >= 11 is 5.98. The van der Waals surface area contributed by atoms with Crippen LogP contribution in [0.4, 0.5) is 5.82 Å². The fourth-order valence-corrected chi connectivity index (χ4v) is 3.48. The van der Waals surface area contributed by atoms with Crippen LogP contribution in [0, 0.1) is 0 Å². The highest BCUT2D eigenvalue weighted by molar-refractivity contribution is 6.30. The van der Waals surface area contributed by atoms with Gasteiger partial charge in [-0.15, -0.1) is 0 Å². The van der Waals surface area contributed by atoms with Crippen LogP contribution < -0.4 is 4.90 Å². The zero-order valence-corrected chi connectivity index (χ0v) is 14.6. The van der Waals surface area contributed by atoms with Gasteiger partial charge in [0.1, 0.15) is 11.5 Å². The number of hydrogen-bond donors (Lipinski definition) is 0. The quantitative estimate of drug-likeness (QED) is 0.525. The fraction of sp³-hybridized carbons (Fsp3) is 0.150. The molecule has 3 heterocycles. The minimum atomic E-state index is 0.666. The molecule has 0 saturated heterocycles. The van der Waals surface area contributed by atoms with Crippen LogP contribution in [0.1, 0.15) is 11.3 Å². The molecule has 0 bridgehead atoms. The van der Waals surface area contributed by atoms with Crippen molar-refractivity contribution in [2.75, 3.05) is 11.4 Å². The van der Waals surface area contributed by atoms with E-state index in [4.69, 9.17) is 21.1 Å². The molecule has 0 spiro atoms. The second-order valence-corrected chi connectivity index (χ2v) is 6.77. The third-order valence-electron chi connectivity index (χ3n) is 4.71. The normalized spacial score (nSPS) is 13.8. The standard InChI is InChI=1S/C20H15ClN4O/c21-14-7-5-13(6-8-14)20-15-9-10-25(12-18(15)24-26-20)19-11-22-16-3-1-2-4-17(16)23-19/h1-8,11H,9-10,12H2. The Balaban J connectivity index is 1.46. The van der Waals surface area contributed by atoms with Crippen LogP contribution in [0.2, 0.25) is 5.02 Å². The van der Waals surface area contributed by atoms with Gasteiger partial charge in [0.25, 0.3) is 0 Å². The molecule has 0 amide bonds. The largest absolute Gasteiger partial charge is 0.356 e. The molecule has 4 aromatic rings. The summed E-state index contributed by atoms with van der Waals surface area (Å²) in [5, 5.41) is 5.01. The van der Waals surface area contributed by atoms with Gasteiger partial charge in [0.2, 0.25) is 0 Å². The number of halogens is 1. The van der Waals surface area contributed by atoms with Gasteiger partial charge in [0.05, 0.1) is 23.8 Å². The van der Waals surface area contributed by atoms with E-state index in [1.54, 1.807) is 0 Å². The third-order valence-corrected chi connectivity index (χ3v) is 4.96. The molecule has 1 aliphatic heterocycles. The fourth-order valence-electron chi connectivity index (χ4n) is 3.35. The number of anilines is 1. The molecular weight excluding hydrogens is 348 g/mol. The van der Waals surface area contributed by atoms with E-state index in [1.807, 2.05) is 54.7 Å². The van der Waals surface area contributed by atoms with E-state index in [1.165, 1.54) is 0 Å². The van der Waals surface area contributed by atoms with Gasteiger partial charge in [-0.05, 0) is 42.8 Å². The Hall–Kier alpha value is -2.92. The topological polar surface area (TPSA) is 55.1 Å². The average Bonchev–Trinajstić information content (AvgIpc) is 3.11.